The Labute approximate surface area is 102 Å². The fourth-order valence-corrected chi connectivity index (χ4v) is 1.08. The largest absolute Gasteiger partial charge is 0.433 e. The van der Waals surface area contributed by atoms with Crippen LogP contribution in [-0.2, 0) is 11.0 Å². The van der Waals surface area contributed by atoms with Gasteiger partial charge in [-0.05, 0) is 12.1 Å². The lowest BCUT2D eigenvalue weighted by Crippen LogP contribution is -2.11. The summed E-state index contributed by atoms with van der Waals surface area (Å²) in [5.41, 5.74) is -1.04. The molecule has 17 heavy (non-hydrogen) atoms. The van der Waals surface area contributed by atoms with Gasteiger partial charge in [-0.2, -0.15) is 13.2 Å². The van der Waals surface area contributed by atoms with Crippen LogP contribution in [0.4, 0.5) is 18.9 Å². The van der Waals surface area contributed by atoms with E-state index in [0.29, 0.717) is 0 Å². The number of hydrogen-bond acceptors (Lipinski definition) is 2. The minimum Gasteiger partial charge on any atom is -0.324 e. The zero-order valence-corrected chi connectivity index (χ0v) is 10.3. The minimum atomic E-state index is -4.54. The molecule has 1 aromatic rings. The highest BCUT2D eigenvalue weighted by Crippen LogP contribution is 2.30. The third kappa shape index (κ3) is 5.04. The Bertz CT molecular complexity index is 394. The van der Waals surface area contributed by atoms with E-state index in [1.807, 2.05) is 13.8 Å². The first-order valence-electron chi connectivity index (χ1n) is 4.82. The molecule has 1 aromatic heterocycles. The van der Waals surface area contributed by atoms with Crippen molar-refractivity contribution in [1.82, 2.24) is 4.98 Å². The Balaban J connectivity index is 0.00000121. The van der Waals surface area contributed by atoms with Crippen molar-refractivity contribution in [2.75, 3.05) is 5.32 Å². The summed E-state index contributed by atoms with van der Waals surface area (Å²) in [6.45, 7) is 5.22. The number of nitrogens with zero attached hydrogens (tertiary/aromatic N) is 1. The van der Waals surface area contributed by atoms with Crippen LogP contribution in [-0.4, -0.2) is 10.9 Å². The van der Waals surface area contributed by atoms with Crippen molar-refractivity contribution in [3.8, 4) is 0 Å². The van der Waals surface area contributed by atoms with E-state index in [9.17, 15) is 18.0 Å². The summed E-state index contributed by atoms with van der Waals surface area (Å²) in [7, 11) is 0. The molecule has 0 fully saturated rings. The van der Waals surface area contributed by atoms with Crippen LogP contribution in [0.1, 0.15) is 26.5 Å². The predicted molar refractivity (Wildman–Crippen MR) is 59.9 cm³/mol. The van der Waals surface area contributed by atoms with Crippen LogP contribution in [0.25, 0.3) is 0 Å². The summed E-state index contributed by atoms with van der Waals surface area (Å²) in [4.78, 5) is 13.8. The topological polar surface area (TPSA) is 42.0 Å². The van der Waals surface area contributed by atoms with Crippen molar-refractivity contribution >= 4 is 23.2 Å². The number of aromatic nitrogens is 1. The third-order valence-electron chi connectivity index (χ3n) is 1.45. The van der Waals surface area contributed by atoms with Crippen LogP contribution >= 0.6 is 11.6 Å². The van der Waals surface area contributed by atoms with Gasteiger partial charge in [0.15, 0.2) is 5.15 Å². The molecule has 0 bridgehead atoms. The van der Waals surface area contributed by atoms with Crippen LogP contribution in [0.2, 0.25) is 5.15 Å². The Hall–Kier alpha value is -1.30. The molecule has 7 heteroatoms. The standard InChI is InChI=1S/C8H6ClF3N2O.C2H6/c1-4(15)13-5-2-3-6(8(10,11)12)14-7(5)9;1-2/h2-3H,1H3,(H,13,15);1-2H3. The summed E-state index contributed by atoms with van der Waals surface area (Å²) in [5, 5.41) is 1.86. The van der Waals surface area contributed by atoms with E-state index in [0.717, 1.165) is 12.1 Å². The van der Waals surface area contributed by atoms with Crippen LogP contribution in [0.15, 0.2) is 12.1 Å². The Morgan fingerprint density at radius 2 is 1.88 bits per heavy atom. The molecule has 0 unspecified atom stereocenters. The summed E-state index contributed by atoms with van der Waals surface area (Å²) in [6.07, 6.45) is -4.54. The normalized spacial score (nSPS) is 10.3. The average Bonchev–Trinajstić information content (AvgIpc) is 2.22. The maximum absolute atomic E-state index is 12.2. The van der Waals surface area contributed by atoms with Gasteiger partial charge in [0.1, 0.15) is 5.69 Å². The third-order valence-corrected chi connectivity index (χ3v) is 1.74. The van der Waals surface area contributed by atoms with Gasteiger partial charge < -0.3 is 5.32 Å². The molecule has 0 saturated carbocycles. The first kappa shape index (κ1) is 15.7. The van der Waals surface area contributed by atoms with Gasteiger partial charge in [-0.15, -0.1) is 0 Å². The summed E-state index contributed by atoms with van der Waals surface area (Å²) in [6, 6.07) is 1.80. The van der Waals surface area contributed by atoms with Crippen molar-refractivity contribution in [2.45, 2.75) is 26.9 Å². The van der Waals surface area contributed by atoms with E-state index in [1.165, 1.54) is 6.92 Å². The molecule has 0 aromatic carbocycles. The molecule has 0 spiro atoms. The first-order chi connectivity index (χ1) is 7.80. The number of carbonyl (C=O) groups excluding carboxylic acids is 1. The van der Waals surface area contributed by atoms with E-state index in [-0.39, 0.29) is 10.8 Å². The number of halogens is 4. The molecule has 1 rings (SSSR count). The fraction of sp³-hybridized carbons (Fsp3) is 0.400. The van der Waals surface area contributed by atoms with E-state index >= 15 is 0 Å². The zero-order valence-electron chi connectivity index (χ0n) is 9.52. The minimum absolute atomic E-state index is 0.0529. The van der Waals surface area contributed by atoms with Gasteiger partial charge in [0.05, 0.1) is 5.69 Å². The first-order valence-corrected chi connectivity index (χ1v) is 5.20. The molecule has 96 valence electrons. The van der Waals surface area contributed by atoms with E-state index in [4.69, 9.17) is 11.6 Å². The molecule has 0 aliphatic heterocycles. The Morgan fingerprint density at radius 1 is 1.35 bits per heavy atom. The maximum Gasteiger partial charge on any atom is 0.433 e. The van der Waals surface area contributed by atoms with Crippen LogP contribution in [0, 0.1) is 0 Å². The van der Waals surface area contributed by atoms with Gasteiger partial charge in [-0.3, -0.25) is 4.79 Å². The molecule has 1 amide bonds. The van der Waals surface area contributed by atoms with Crippen molar-refractivity contribution in [3.63, 3.8) is 0 Å². The molecule has 0 aliphatic carbocycles. The molecule has 0 saturated heterocycles. The van der Waals surface area contributed by atoms with Crippen LogP contribution in [0.5, 0.6) is 0 Å². The lowest BCUT2D eigenvalue weighted by Gasteiger charge is -2.08. The smallest absolute Gasteiger partial charge is 0.324 e. The summed E-state index contributed by atoms with van der Waals surface area (Å²) >= 11 is 5.45. The van der Waals surface area contributed by atoms with Gasteiger partial charge in [0, 0.05) is 6.92 Å². The Kier molecular flexibility index (Phi) is 5.95. The number of amides is 1. The lowest BCUT2D eigenvalue weighted by molar-refractivity contribution is -0.141. The number of pyridine rings is 1. The van der Waals surface area contributed by atoms with E-state index in [2.05, 4.69) is 10.3 Å². The van der Waals surface area contributed by atoms with Crippen molar-refractivity contribution < 1.29 is 18.0 Å². The molecule has 0 radical (unpaired) electrons. The number of carbonyl (C=O) groups is 1. The second-order valence-corrected chi connectivity index (χ2v) is 3.07. The summed E-state index contributed by atoms with van der Waals surface area (Å²) in [5.74, 6) is -0.432. The monoisotopic (exact) mass is 268 g/mol. The zero-order chi connectivity index (χ0) is 13.6. The quantitative estimate of drug-likeness (QED) is 0.789. The molecule has 3 nitrogen and oxygen atoms in total. The summed E-state index contributed by atoms with van der Waals surface area (Å²) < 4.78 is 36.5. The fourth-order valence-electron chi connectivity index (χ4n) is 0.875. The maximum atomic E-state index is 12.2. The number of anilines is 1. The highest BCUT2D eigenvalue weighted by molar-refractivity contribution is 6.32. The van der Waals surface area contributed by atoms with E-state index < -0.39 is 17.8 Å². The molecule has 1 heterocycles. The predicted octanol–water partition coefficient (Wildman–Crippen LogP) is 3.74. The average molecular weight is 269 g/mol. The van der Waals surface area contributed by atoms with Gasteiger partial charge in [-0.25, -0.2) is 4.98 Å². The number of rotatable bonds is 1. The second-order valence-electron chi connectivity index (χ2n) is 2.71. The number of nitrogens with one attached hydrogen (secondary N) is 1. The van der Waals surface area contributed by atoms with Crippen LogP contribution < -0.4 is 5.32 Å². The molecular formula is C10H12ClF3N2O. The molecule has 1 N–H and O–H groups in total. The molecule has 0 atom stereocenters. The number of alkyl halides is 3. The van der Waals surface area contributed by atoms with Gasteiger partial charge >= 0.3 is 6.18 Å². The van der Waals surface area contributed by atoms with Crippen molar-refractivity contribution in [3.05, 3.63) is 23.0 Å². The van der Waals surface area contributed by atoms with Gasteiger partial charge in [-0.1, -0.05) is 25.4 Å². The highest BCUT2D eigenvalue weighted by Gasteiger charge is 2.32. The van der Waals surface area contributed by atoms with Crippen molar-refractivity contribution in [2.24, 2.45) is 0 Å². The van der Waals surface area contributed by atoms with Crippen molar-refractivity contribution in [1.29, 1.82) is 0 Å². The van der Waals surface area contributed by atoms with Crippen LogP contribution in [0.3, 0.4) is 0 Å². The molecule has 0 aliphatic rings. The van der Waals surface area contributed by atoms with E-state index in [1.54, 1.807) is 0 Å². The Morgan fingerprint density at radius 3 is 2.24 bits per heavy atom. The highest BCUT2D eigenvalue weighted by atomic mass is 35.5. The van der Waals surface area contributed by atoms with Gasteiger partial charge in [0.2, 0.25) is 5.91 Å². The van der Waals surface area contributed by atoms with Gasteiger partial charge in [0.25, 0.3) is 0 Å². The SMILES string of the molecule is CC.CC(=O)Nc1ccc(C(F)(F)F)nc1Cl. The lowest BCUT2D eigenvalue weighted by atomic mass is 10.3. The number of hydrogen-bond donors (Lipinski definition) is 1. The molecular weight excluding hydrogens is 257 g/mol. The second kappa shape index (κ2) is 6.44.